The molecule has 0 atom stereocenters. The molecule has 35 heavy (non-hydrogen) atoms. The van der Waals surface area contributed by atoms with E-state index in [2.05, 4.69) is 52.2 Å². The Bertz CT molecular complexity index is 1460. The van der Waals surface area contributed by atoms with Crippen LogP contribution in [0.25, 0.3) is 22.2 Å². The molecule has 2 aromatic heterocycles. The van der Waals surface area contributed by atoms with Crippen LogP contribution in [0, 0.1) is 12.3 Å². The smallest absolute Gasteiger partial charge is 0.348 e. The van der Waals surface area contributed by atoms with E-state index in [4.69, 9.17) is 11.2 Å². The second-order valence-corrected chi connectivity index (χ2v) is 9.03. The number of aromatic nitrogens is 4. The van der Waals surface area contributed by atoms with Gasteiger partial charge in [0.15, 0.2) is 5.16 Å². The van der Waals surface area contributed by atoms with Crippen LogP contribution in [-0.2, 0) is 6.54 Å². The Kier molecular flexibility index (Phi) is 7.37. The van der Waals surface area contributed by atoms with Crippen LogP contribution in [0.1, 0.15) is 30.9 Å². The summed E-state index contributed by atoms with van der Waals surface area (Å²) in [5.41, 5.74) is 3.85. The fourth-order valence-corrected chi connectivity index (χ4v) is 4.21. The van der Waals surface area contributed by atoms with E-state index in [0.717, 1.165) is 22.0 Å². The lowest BCUT2D eigenvalue weighted by Gasteiger charge is -2.16. The van der Waals surface area contributed by atoms with Gasteiger partial charge in [-0.1, -0.05) is 55.8 Å². The molecule has 8 heteroatoms. The first kappa shape index (κ1) is 24.3. The predicted molar refractivity (Wildman–Crippen MR) is 142 cm³/mol. The quantitative estimate of drug-likeness (QED) is 0.218. The van der Waals surface area contributed by atoms with Gasteiger partial charge < -0.3 is 10.1 Å². The molecular weight excluding hydrogens is 458 g/mol. The van der Waals surface area contributed by atoms with Crippen molar-refractivity contribution in [1.82, 2.24) is 19.5 Å². The lowest BCUT2D eigenvalue weighted by atomic mass is 9.99. The molecule has 0 bridgehead atoms. The van der Waals surface area contributed by atoms with Gasteiger partial charge in [-0.2, -0.15) is 4.98 Å². The number of hydrogen-bond donors (Lipinski definition) is 1. The van der Waals surface area contributed by atoms with Gasteiger partial charge in [0.1, 0.15) is 18.2 Å². The summed E-state index contributed by atoms with van der Waals surface area (Å²) >= 11 is 1.46. The van der Waals surface area contributed by atoms with Crippen LogP contribution in [0.15, 0.2) is 58.6 Å². The normalized spacial score (nSPS) is 11.0. The standard InChI is InChI=1S/C27H27N5O2S/c1-6-13-34-21-11-12-23-22(14-21)24(19-9-7-18(8-10-19)17(2)3)30-27(33)32(23)16-20-15-29-26(35-5)31-25(20)28-4/h1,7-12,14-15,17H,13,16H2,2-5H3,(H,28,29,31). The number of terminal acetylenes is 1. The molecule has 178 valence electrons. The third-order valence-electron chi connectivity index (χ3n) is 5.72. The number of nitrogens with one attached hydrogen (secondary N) is 1. The van der Waals surface area contributed by atoms with E-state index in [1.54, 1.807) is 17.8 Å². The Morgan fingerprint density at radius 3 is 2.60 bits per heavy atom. The minimum atomic E-state index is -0.353. The largest absolute Gasteiger partial charge is 0.481 e. The number of fused-ring (bicyclic) bond motifs is 1. The monoisotopic (exact) mass is 485 g/mol. The zero-order chi connectivity index (χ0) is 24.9. The highest BCUT2D eigenvalue weighted by molar-refractivity contribution is 7.98. The Morgan fingerprint density at radius 1 is 1.17 bits per heavy atom. The van der Waals surface area contributed by atoms with Crippen molar-refractivity contribution in [2.45, 2.75) is 31.5 Å². The first-order chi connectivity index (χ1) is 16.9. The maximum atomic E-state index is 13.3. The highest BCUT2D eigenvalue weighted by atomic mass is 32.2. The zero-order valence-electron chi connectivity index (χ0n) is 20.2. The molecule has 0 spiro atoms. The SMILES string of the molecule is C#CCOc1ccc2c(c1)c(-c1ccc(C(C)C)cc1)nc(=O)n2Cc1cnc(SC)nc1NC. The molecule has 0 aliphatic carbocycles. The van der Waals surface area contributed by atoms with E-state index in [1.807, 2.05) is 36.6 Å². The van der Waals surface area contributed by atoms with Crippen LogP contribution in [0.2, 0.25) is 0 Å². The summed E-state index contributed by atoms with van der Waals surface area (Å²) in [6.07, 6.45) is 9.04. The first-order valence-corrected chi connectivity index (χ1v) is 12.5. The number of ether oxygens (including phenoxy) is 1. The van der Waals surface area contributed by atoms with Crippen molar-refractivity contribution in [2.24, 2.45) is 0 Å². The number of nitrogens with zero attached hydrogens (tertiary/aromatic N) is 4. The lowest BCUT2D eigenvalue weighted by molar-refractivity contribution is 0.371. The van der Waals surface area contributed by atoms with Crippen molar-refractivity contribution >= 4 is 28.5 Å². The molecule has 0 radical (unpaired) electrons. The van der Waals surface area contributed by atoms with Crippen LogP contribution < -0.4 is 15.7 Å². The highest BCUT2D eigenvalue weighted by Gasteiger charge is 2.16. The summed E-state index contributed by atoms with van der Waals surface area (Å²) in [5, 5.41) is 4.55. The molecule has 0 fully saturated rings. The number of hydrogen-bond acceptors (Lipinski definition) is 7. The molecule has 0 unspecified atom stereocenters. The average Bonchev–Trinajstić information content (AvgIpc) is 2.88. The van der Waals surface area contributed by atoms with Gasteiger partial charge in [-0.15, -0.1) is 6.42 Å². The Hall–Kier alpha value is -3.83. The molecule has 2 aromatic carbocycles. The number of anilines is 1. The minimum absolute atomic E-state index is 0.154. The van der Waals surface area contributed by atoms with Crippen molar-refractivity contribution < 1.29 is 4.74 Å². The van der Waals surface area contributed by atoms with Gasteiger partial charge in [0.2, 0.25) is 0 Å². The molecule has 0 saturated heterocycles. The third kappa shape index (κ3) is 5.15. The number of rotatable bonds is 8. The predicted octanol–water partition coefficient (Wildman–Crippen LogP) is 4.80. The van der Waals surface area contributed by atoms with Crippen LogP contribution >= 0.6 is 11.8 Å². The summed E-state index contributed by atoms with van der Waals surface area (Å²) < 4.78 is 7.30. The zero-order valence-corrected chi connectivity index (χ0v) is 21.0. The van der Waals surface area contributed by atoms with Crippen LogP contribution in [0.5, 0.6) is 5.75 Å². The Balaban J connectivity index is 1.88. The lowest BCUT2D eigenvalue weighted by Crippen LogP contribution is -2.25. The van der Waals surface area contributed by atoms with Gasteiger partial charge in [-0.3, -0.25) is 4.57 Å². The first-order valence-electron chi connectivity index (χ1n) is 11.2. The Labute approximate surface area is 209 Å². The van der Waals surface area contributed by atoms with E-state index >= 15 is 0 Å². The van der Waals surface area contributed by atoms with Gasteiger partial charge in [0.25, 0.3) is 0 Å². The maximum Gasteiger partial charge on any atom is 0.348 e. The molecule has 4 aromatic rings. The summed E-state index contributed by atoms with van der Waals surface area (Å²) in [4.78, 5) is 26.7. The third-order valence-corrected chi connectivity index (χ3v) is 6.28. The second kappa shape index (κ2) is 10.6. The molecule has 0 aliphatic rings. The van der Waals surface area contributed by atoms with Crippen LogP contribution in [0.3, 0.4) is 0 Å². The summed E-state index contributed by atoms with van der Waals surface area (Å²) in [5.74, 6) is 4.19. The van der Waals surface area contributed by atoms with Crippen LogP contribution in [-0.4, -0.2) is 39.4 Å². The van der Waals surface area contributed by atoms with E-state index < -0.39 is 0 Å². The van der Waals surface area contributed by atoms with Crippen molar-refractivity contribution in [2.75, 3.05) is 25.2 Å². The fourth-order valence-electron chi connectivity index (χ4n) is 3.86. The van der Waals surface area contributed by atoms with Crippen molar-refractivity contribution in [3.63, 3.8) is 0 Å². The number of thioether (sulfide) groups is 1. The average molecular weight is 486 g/mol. The van der Waals surface area contributed by atoms with Gasteiger partial charge in [-0.25, -0.2) is 14.8 Å². The summed E-state index contributed by atoms with van der Waals surface area (Å²) in [7, 11) is 1.80. The van der Waals surface area contributed by atoms with Gasteiger partial charge in [-0.05, 0) is 35.9 Å². The van der Waals surface area contributed by atoms with E-state index in [9.17, 15) is 4.79 Å². The van der Waals surface area contributed by atoms with E-state index in [1.165, 1.54) is 17.3 Å². The van der Waals surface area contributed by atoms with Gasteiger partial charge in [0.05, 0.1) is 17.8 Å². The molecule has 7 nitrogen and oxygen atoms in total. The molecule has 0 saturated carbocycles. The Morgan fingerprint density at radius 2 is 1.94 bits per heavy atom. The fraction of sp³-hybridized carbons (Fsp3) is 0.259. The maximum absolute atomic E-state index is 13.3. The summed E-state index contributed by atoms with van der Waals surface area (Å²) in [6, 6.07) is 13.7. The molecular formula is C27H27N5O2S. The molecule has 0 amide bonds. The van der Waals surface area contributed by atoms with Gasteiger partial charge in [0, 0.05) is 29.8 Å². The van der Waals surface area contributed by atoms with E-state index in [-0.39, 0.29) is 18.8 Å². The topological polar surface area (TPSA) is 81.9 Å². The van der Waals surface area contributed by atoms with Crippen LogP contribution in [0.4, 0.5) is 5.82 Å². The van der Waals surface area contributed by atoms with Crippen molar-refractivity contribution in [3.8, 4) is 29.4 Å². The molecule has 4 rings (SSSR count). The van der Waals surface area contributed by atoms with Crippen molar-refractivity contribution in [1.29, 1.82) is 0 Å². The highest BCUT2D eigenvalue weighted by Crippen LogP contribution is 2.30. The molecule has 0 aliphatic heterocycles. The molecule has 2 heterocycles. The second-order valence-electron chi connectivity index (χ2n) is 8.26. The number of benzene rings is 2. The molecule has 1 N–H and O–H groups in total. The summed E-state index contributed by atoms with van der Waals surface area (Å²) in [6.45, 7) is 4.72. The van der Waals surface area contributed by atoms with Gasteiger partial charge >= 0.3 is 5.69 Å². The van der Waals surface area contributed by atoms with Crippen molar-refractivity contribution in [3.05, 3.63) is 70.3 Å². The minimum Gasteiger partial charge on any atom is -0.481 e. The van der Waals surface area contributed by atoms with E-state index in [0.29, 0.717) is 28.3 Å².